The minimum absolute atomic E-state index is 0.178. The van der Waals surface area contributed by atoms with Crippen molar-refractivity contribution in [2.75, 3.05) is 39.3 Å². The van der Waals surface area contributed by atoms with Crippen molar-refractivity contribution in [3.05, 3.63) is 35.9 Å². The third-order valence-corrected chi connectivity index (χ3v) is 6.54. The summed E-state index contributed by atoms with van der Waals surface area (Å²) in [5.41, 5.74) is 1.33. The molecule has 2 aliphatic rings. The lowest BCUT2D eigenvalue weighted by atomic mass is 10.1. The number of likely N-dealkylation sites (tertiary alicyclic amines) is 1. The summed E-state index contributed by atoms with van der Waals surface area (Å²) in [6, 6.07) is 10.5. The van der Waals surface area contributed by atoms with Crippen molar-refractivity contribution in [3.63, 3.8) is 0 Å². The van der Waals surface area contributed by atoms with Gasteiger partial charge in [0.15, 0.2) is 0 Å². The molecule has 2 aliphatic heterocycles. The molecule has 7 heteroatoms. The fourth-order valence-corrected chi connectivity index (χ4v) is 4.64. The Labute approximate surface area is 151 Å². The SMILES string of the molecule is NS(=O)(=O)C1CCN(CC2CN(Cc3ccccc3)CCCO2)CC1. The summed E-state index contributed by atoms with van der Waals surface area (Å²) in [5.74, 6) is 0. The fraction of sp³-hybridized carbons (Fsp3) is 0.667. The van der Waals surface area contributed by atoms with Crippen molar-refractivity contribution in [1.82, 2.24) is 9.80 Å². The van der Waals surface area contributed by atoms with Crippen LogP contribution in [-0.4, -0.2) is 68.9 Å². The van der Waals surface area contributed by atoms with Gasteiger partial charge in [0.05, 0.1) is 11.4 Å². The first-order valence-corrected chi connectivity index (χ1v) is 10.7. The Balaban J connectivity index is 1.50. The lowest BCUT2D eigenvalue weighted by Gasteiger charge is -2.34. The van der Waals surface area contributed by atoms with E-state index in [4.69, 9.17) is 9.88 Å². The molecule has 1 unspecified atom stereocenters. The van der Waals surface area contributed by atoms with E-state index < -0.39 is 10.0 Å². The number of hydrogen-bond donors (Lipinski definition) is 1. The maximum Gasteiger partial charge on any atom is 0.212 e. The second-order valence-electron chi connectivity index (χ2n) is 7.16. The number of rotatable bonds is 5. The van der Waals surface area contributed by atoms with Crippen molar-refractivity contribution in [2.24, 2.45) is 5.14 Å². The number of hydrogen-bond acceptors (Lipinski definition) is 5. The molecule has 140 valence electrons. The summed E-state index contributed by atoms with van der Waals surface area (Å²) in [5, 5.41) is 4.89. The van der Waals surface area contributed by atoms with Gasteiger partial charge in [-0.2, -0.15) is 0 Å². The first kappa shape index (κ1) is 18.8. The molecule has 6 nitrogen and oxygen atoms in total. The molecular weight excluding hydrogens is 338 g/mol. The summed E-state index contributed by atoms with van der Waals surface area (Å²) in [6.07, 6.45) is 2.48. The van der Waals surface area contributed by atoms with Gasteiger partial charge in [0.25, 0.3) is 0 Å². The zero-order valence-electron chi connectivity index (χ0n) is 14.7. The molecule has 0 aliphatic carbocycles. The van der Waals surface area contributed by atoms with Gasteiger partial charge in [-0.05, 0) is 37.9 Å². The van der Waals surface area contributed by atoms with E-state index in [0.29, 0.717) is 12.8 Å². The minimum Gasteiger partial charge on any atom is -0.376 e. The van der Waals surface area contributed by atoms with Crippen LogP contribution >= 0.6 is 0 Å². The Morgan fingerprint density at radius 2 is 1.80 bits per heavy atom. The molecule has 0 radical (unpaired) electrons. The molecular formula is C18H29N3O3S. The smallest absolute Gasteiger partial charge is 0.212 e. The van der Waals surface area contributed by atoms with Crippen LogP contribution in [0.15, 0.2) is 30.3 Å². The van der Waals surface area contributed by atoms with Crippen LogP contribution in [-0.2, 0) is 21.3 Å². The van der Waals surface area contributed by atoms with Crippen LogP contribution in [0, 0.1) is 0 Å². The van der Waals surface area contributed by atoms with E-state index in [1.54, 1.807) is 0 Å². The molecule has 25 heavy (non-hydrogen) atoms. The number of ether oxygens (including phenoxy) is 1. The number of nitrogens with two attached hydrogens (primary N) is 1. The van der Waals surface area contributed by atoms with Crippen LogP contribution in [0.5, 0.6) is 0 Å². The third kappa shape index (κ3) is 5.76. The molecule has 0 bridgehead atoms. The fourth-order valence-electron chi connectivity index (χ4n) is 3.77. The number of nitrogens with zero attached hydrogens (tertiary/aromatic N) is 2. The van der Waals surface area contributed by atoms with Gasteiger partial charge >= 0.3 is 0 Å². The molecule has 1 atom stereocenters. The zero-order chi connectivity index (χ0) is 17.7. The van der Waals surface area contributed by atoms with Crippen LogP contribution < -0.4 is 5.14 Å². The van der Waals surface area contributed by atoms with Gasteiger partial charge in [-0.15, -0.1) is 0 Å². The van der Waals surface area contributed by atoms with Crippen molar-refractivity contribution in [1.29, 1.82) is 0 Å². The summed E-state index contributed by atoms with van der Waals surface area (Å²) < 4.78 is 29.0. The molecule has 3 rings (SSSR count). The van der Waals surface area contributed by atoms with Crippen LogP contribution in [0.3, 0.4) is 0 Å². The van der Waals surface area contributed by atoms with Crippen LogP contribution in [0.2, 0.25) is 0 Å². The Morgan fingerprint density at radius 1 is 1.08 bits per heavy atom. The predicted molar refractivity (Wildman–Crippen MR) is 98.6 cm³/mol. The van der Waals surface area contributed by atoms with Crippen LogP contribution in [0.25, 0.3) is 0 Å². The van der Waals surface area contributed by atoms with Crippen molar-refractivity contribution in [2.45, 2.75) is 37.2 Å². The maximum atomic E-state index is 11.5. The molecule has 0 saturated carbocycles. The second kappa shape index (κ2) is 8.60. The average Bonchev–Trinajstić information content (AvgIpc) is 2.80. The number of piperidine rings is 1. The first-order valence-electron chi connectivity index (χ1n) is 9.12. The molecule has 0 amide bonds. The van der Waals surface area contributed by atoms with E-state index in [9.17, 15) is 8.42 Å². The Kier molecular flexibility index (Phi) is 6.46. The van der Waals surface area contributed by atoms with Gasteiger partial charge in [0, 0.05) is 32.8 Å². The van der Waals surface area contributed by atoms with Gasteiger partial charge < -0.3 is 9.64 Å². The van der Waals surface area contributed by atoms with Gasteiger partial charge in [0.1, 0.15) is 0 Å². The van der Waals surface area contributed by atoms with E-state index >= 15 is 0 Å². The largest absolute Gasteiger partial charge is 0.376 e. The van der Waals surface area contributed by atoms with Gasteiger partial charge in [0.2, 0.25) is 10.0 Å². The van der Waals surface area contributed by atoms with E-state index in [2.05, 4.69) is 34.1 Å². The molecule has 2 heterocycles. The zero-order valence-corrected chi connectivity index (χ0v) is 15.5. The van der Waals surface area contributed by atoms with E-state index in [1.807, 2.05) is 6.07 Å². The Hall–Kier alpha value is -0.990. The van der Waals surface area contributed by atoms with Crippen LogP contribution in [0.4, 0.5) is 0 Å². The topological polar surface area (TPSA) is 75.9 Å². The molecule has 0 aromatic heterocycles. The maximum absolute atomic E-state index is 11.5. The molecule has 1 aromatic rings. The molecule has 1 aromatic carbocycles. The van der Waals surface area contributed by atoms with Gasteiger partial charge in [-0.25, -0.2) is 13.6 Å². The summed E-state index contributed by atoms with van der Waals surface area (Å²) in [4.78, 5) is 4.78. The summed E-state index contributed by atoms with van der Waals surface area (Å²) >= 11 is 0. The highest BCUT2D eigenvalue weighted by atomic mass is 32.2. The molecule has 2 saturated heterocycles. The van der Waals surface area contributed by atoms with Crippen molar-refractivity contribution < 1.29 is 13.2 Å². The average molecular weight is 368 g/mol. The highest BCUT2D eigenvalue weighted by Crippen LogP contribution is 2.18. The highest BCUT2D eigenvalue weighted by Gasteiger charge is 2.29. The van der Waals surface area contributed by atoms with Gasteiger partial charge in [-0.3, -0.25) is 4.90 Å². The van der Waals surface area contributed by atoms with Crippen molar-refractivity contribution >= 4 is 10.0 Å². The monoisotopic (exact) mass is 367 g/mol. The standard InChI is InChI=1S/C18H29N3O3S/c19-25(22,23)18-7-10-20(11-8-18)14-17-15-21(9-4-12-24-17)13-16-5-2-1-3-6-16/h1-3,5-6,17-18H,4,7-15H2,(H2,19,22,23). The second-order valence-corrected chi connectivity index (χ2v) is 9.00. The van der Waals surface area contributed by atoms with E-state index in [-0.39, 0.29) is 11.4 Å². The summed E-state index contributed by atoms with van der Waals surface area (Å²) in [7, 11) is -3.40. The highest BCUT2D eigenvalue weighted by molar-refractivity contribution is 7.89. The minimum atomic E-state index is -3.40. The van der Waals surface area contributed by atoms with E-state index in [0.717, 1.165) is 52.3 Å². The van der Waals surface area contributed by atoms with Crippen LogP contribution in [0.1, 0.15) is 24.8 Å². The molecule has 2 N–H and O–H groups in total. The summed E-state index contributed by atoms with van der Waals surface area (Å²) in [6.45, 7) is 6.14. The third-order valence-electron chi connectivity index (χ3n) is 5.14. The lowest BCUT2D eigenvalue weighted by Crippen LogP contribution is -2.46. The first-order chi connectivity index (χ1) is 12.0. The lowest BCUT2D eigenvalue weighted by molar-refractivity contribution is 0.0219. The Bertz CT molecular complexity index is 630. The predicted octanol–water partition coefficient (Wildman–Crippen LogP) is 1.03. The molecule has 0 spiro atoms. The number of sulfonamides is 1. The molecule has 2 fully saturated rings. The Morgan fingerprint density at radius 3 is 2.48 bits per heavy atom. The number of benzene rings is 1. The quantitative estimate of drug-likeness (QED) is 0.841. The normalized spacial score (nSPS) is 24.9. The van der Waals surface area contributed by atoms with Crippen molar-refractivity contribution in [3.8, 4) is 0 Å². The van der Waals surface area contributed by atoms with Gasteiger partial charge in [-0.1, -0.05) is 30.3 Å². The number of primary sulfonamides is 1. The van der Waals surface area contributed by atoms with E-state index in [1.165, 1.54) is 5.56 Å².